The average Bonchev–Trinajstić information content (AvgIpc) is 3.41. The van der Waals surface area contributed by atoms with Crippen LogP contribution < -0.4 is 10.1 Å². The number of nitrogens with zero attached hydrogens (tertiary/aromatic N) is 1. The van der Waals surface area contributed by atoms with Crippen molar-refractivity contribution in [2.75, 3.05) is 6.54 Å². The molecule has 0 amide bonds. The summed E-state index contributed by atoms with van der Waals surface area (Å²) in [6, 6.07) is 25.9. The molecule has 41 heavy (non-hydrogen) atoms. The lowest BCUT2D eigenvalue weighted by Gasteiger charge is -2.09. The predicted molar refractivity (Wildman–Crippen MR) is 162 cm³/mol. The number of aromatic nitrogens is 1. The predicted octanol–water partition coefficient (Wildman–Crippen LogP) is 7.71. The molecule has 0 spiro atoms. The van der Waals surface area contributed by atoms with Crippen molar-refractivity contribution in [3.8, 4) is 21.9 Å². The molecule has 0 saturated carbocycles. The van der Waals surface area contributed by atoms with Crippen molar-refractivity contribution in [2.45, 2.75) is 39.2 Å². The highest BCUT2D eigenvalue weighted by Gasteiger charge is 2.15. The number of nitrogens with one attached hydrogen (secondary N) is 1. The number of carbonyl (C=O) groups excluding carboxylic acids is 2. The van der Waals surface area contributed by atoms with Gasteiger partial charge >= 0.3 is 0 Å². The maximum atomic E-state index is 15.1. The summed E-state index contributed by atoms with van der Waals surface area (Å²) in [5, 5.41) is 3.43. The first-order valence-electron chi connectivity index (χ1n) is 13.7. The zero-order chi connectivity index (χ0) is 28.6. The zero-order valence-corrected chi connectivity index (χ0v) is 23.7. The Hall–Kier alpha value is -4.20. The normalized spacial score (nSPS) is 11.1. The monoisotopic (exact) mass is 566 g/mol. The third-order valence-electron chi connectivity index (χ3n) is 6.60. The molecule has 0 aliphatic carbocycles. The summed E-state index contributed by atoms with van der Waals surface area (Å²) in [5.74, 6) is -0.390. The van der Waals surface area contributed by atoms with Crippen LogP contribution in [-0.2, 0) is 29.0 Å². The Kier molecular flexibility index (Phi) is 9.29. The lowest BCUT2D eigenvalue weighted by atomic mass is 10.0. The van der Waals surface area contributed by atoms with E-state index in [4.69, 9.17) is 4.74 Å². The number of hydrogen-bond acceptors (Lipinski definition) is 6. The van der Waals surface area contributed by atoms with Crippen LogP contribution in [0.3, 0.4) is 0 Å². The summed E-state index contributed by atoms with van der Waals surface area (Å²) in [5.41, 5.74) is 4.45. The fourth-order valence-electron chi connectivity index (χ4n) is 4.63. The lowest BCUT2D eigenvalue weighted by molar-refractivity contribution is -0.126. The third kappa shape index (κ3) is 7.51. The van der Waals surface area contributed by atoms with E-state index in [0.29, 0.717) is 11.3 Å². The summed E-state index contributed by atoms with van der Waals surface area (Å²) < 4.78 is 21.9. The molecule has 208 valence electrons. The first-order chi connectivity index (χ1) is 20.0. The van der Waals surface area contributed by atoms with Crippen LogP contribution in [0.15, 0.2) is 91.1 Å². The molecule has 5 rings (SSSR count). The standard InChI is InChI=1S/C34H31FN2O3S/c1-2-14-36-22-25-9-6-10-26(16-25)33-21-30-34(41-33)32(13-15-37-30)40-31-12-11-24(19-29(31)35)18-28(39)20-27(38)17-23-7-4-3-5-8-23/h3-13,15-16,19,21,36H,2,14,17-18,20,22H2,1H3. The quantitative estimate of drug-likeness (QED) is 0.117. The van der Waals surface area contributed by atoms with Gasteiger partial charge in [-0.3, -0.25) is 14.6 Å². The Morgan fingerprint density at radius 2 is 1.63 bits per heavy atom. The second-order valence-electron chi connectivity index (χ2n) is 9.97. The Labute approximate surface area is 243 Å². The van der Waals surface area contributed by atoms with Crippen molar-refractivity contribution in [3.63, 3.8) is 0 Å². The highest BCUT2D eigenvalue weighted by Crippen LogP contribution is 2.39. The van der Waals surface area contributed by atoms with Crippen molar-refractivity contribution in [1.82, 2.24) is 10.3 Å². The minimum Gasteiger partial charge on any atom is -0.453 e. The lowest BCUT2D eigenvalue weighted by Crippen LogP contribution is -2.13. The molecule has 0 bridgehead atoms. The van der Waals surface area contributed by atoms with Gasteiger partial charge in [0, 0.05) is 36.5 Å². The molecule has 2 heterocycles. The average molecular weight is 567 g/mol. The number of halogens is 1. The van der Waals surface area contributed by atoms with Gasteiger partial charge in [-0.05, 0) is 59.5 Å². The topological polar surface area (TPSA) is 68.3 Å². The Morgan fingerprint density at radius 3 is 2.41 bits per heavy atom. The number of hydrogen-bond donors (Lipinski definition) is 1. The van der Waals surface area contributed by atoms with E-state index in [9.17, 15) is 9.59 Å². The summed E-state index contributed by atoms with van der Waals surface area (Å²) >= 11 is 1.55. The minimum atomic E-state index is -0.570. The molecular formula is C34H31FN2O3S. The third-order valence-corrected chi connectivity index (χ3v) is 7.79. The molecule has 5 nitrogen and oxygen atoms in total. The fraction of sp³-hybridized carbons (Fsp3) is 0.206. The maximum Gasteiger partial charge on any atom is 0.166 e. The van der Waals surface area contributed by atoms with Gasteiger partial charge in [0.1, 0.15) is 17.3 Å². The van der Waals surface area contributed by atoms with Crippen LogP contribution in [-0.4, -0.2) is 23.1 Å². The molecule has 7 heteroatoms. The highest BCUT2D eigenvalue weighted by molar-refractivity contribution is 7.22. The largest absolute Gasteiger partial charge is 0.453 e. The number of benzene rings is 3. The van der Waals surface area contributed by atoms with E-state index in [1.807, 2.05) is 42.5 Å². The number of Topliss-reactive ketones (excluding diaryl/α,β-unsaturated/α-hetero) is 2. The number of fused-ring (bicyclic) bond motifs is 1. The van der Waals surface area contributed by atoms with Crippen molar-refractivity contribution >= 4 is 33.1 Å². The van der Waals surface area contributed by atoms with Gasteiger partial charge in [-0.1, -0.05) is 61.5 Å². The molecule has 3 aromatic carbocycles. The van der Waals surface area contributed by atoms with Crippen LogP contribution in [0.4, 0.5) is 4.39 Å². The van der Waals surface area contributed by atoms with Gasteiger partial charge in [-0.2, -0.15) is 0 Å². The van der Waals surface area contributed by atoms with Crippen LogP contribution in [0.2, 0.25) is 0 Å². The first kappa shape index (κ1) is 28.3. The second-order valence-corrected chi connectivity index (χ2v) is 11.0. The highest BCUT2D eigenvalue weighted by atomic mass is 32.1. The Morgan fingerprint density at radius 1 is 0.854 bits per heavy atom. The second kappa shape index (κ2) is 13.4. The van der Waals surface area contributed by atoms with Gasteiger partial charge in [0.2, 0.25) is 0 Å². The number of rotatable bonds is 13. The van der Waals surface area contributed by atoms with Crippen molar-refractivity contribution < 1.29 is 18.7 Å². The molecule has 0 radical (unpaired) electrons. The summed E-state index contributed by atoms with van der Waals surface area (Å²) in [6.45, 7) is 3.93. The van der Waals surface area contributed by atoms with Crippen LogP contribution in [0.25, 0.3) is 20.7 Å². The summed E-state index contributed by atoms with van der Waals surface area (Å²) in [7, 11) is 0. The van der Waals surface area contributed by atoms with E-state index in [2.05, 4.69) is 35.4 Å². The molecule has 0 unspecified atom stereocenters. The molecular weight excluding hydrogens is 535 g/mol. The van der Waals surface area contributed by atoms with Gasteiger partial charge in [-0.15, -0.1) is 11.3 Å². The molecule has 0 atom stereocenters. The zero-order valence-electron chi connectivity index (χ0n) is 22.9. The number of pyridine rings is 1. The van der Waals surface area contributed by atoms with Crippen LogP contribution in [0, 0.1) is 5.82 Å². The van der Waals surface area contributed by atoms with Gasteiger partial charge in [0.05, 0.1) is 16.6 Å². The molecule has 0 aliphatic rings. The smallest absolute Gasteiger partial charge is 0.166 e. The molecule has 0 aliphatic heterocycles. The van der Waals surface area contributed by atoms with Crippen LogP contribution >= 0.6 is 11.3 Å². The van der Waals surface area contributed by atoms with E-state index < -0.39 is 5.82 Å². The van der Waals surface area contributed by atoms with Gasteiger partial charge in [0.25, 0.3) is 0 Å². The van der Waals surface area contributed by atoms with Crippen molar-refractivity contribution in [1.29, 1.82) is 0 Å². The van der Waals surface area contributed by atoms with Crippen LogP contribution in [0.1, 0.15) is 36.5 Å². The van der Waals surface area contributed by atoms with Gasteiger partial charge in [-0.25, -0.2) is 4.39 Å². The Bertz CT molecular complexity index is 1670. The number of ketones is 2. The van der Waals surface area contributed by atoms with E-state index in [0.717, 1.165) is 45.7 Å². The summed E-state index contributed by atoms with van der Waals surface area (Å²) in [4.78, 5) is 30.3. The molecule has 2 aromatic heterocycles. The molecule has 0 saturated heterocycles. The van der Waals surface area contributed by atoms with E-state index >= 15 is 4.39 Å². The van der Waals surface area contributed by atoms with Crippen LogP contribution in [0.5, 0.6) is 11.5 Å². The van der Waals surface area contributed by atoms with E-state index in [1.54, 1.807) is 29.7 Å². The number of thiophene rings is 1. The van der Waals surface area contributed by atoms with E-state index in [-0.39, 0.29) is 36.6 Å². The van der Waals surface area contributed by atoms with Crippen molar-refractivity contribution in [3.05, 3.63) is 114 Å². The minimum absolute atomic E-state index is 0.0153. The van der Waals surface area contributed by atoms with Crippen molar-refractivity contribution in [2.24, 2.45) is 0 Å². The first-order valence-corrected chi connectivity index (χ1v) is 14.5. The fourth-order valence-corrected chi connectivity index (χ4v) is 5.69. The van der Waals surface area contributed by atoms with Gasteiger partial charge < -0.3 is 10.1 Å². The summed E-state index contributed by atoms with van der Waals surface area (Å²) in [6.07, 6.45) is 2.75. The Balaban J connectivity index is 1.26. The molecule has 0 fully saturated rings. The van der Waals surface area contributed by atoms with Gasteiger partial charge in [0.15, 0.2) is 11.6 Å². The molecule has 5 aromatic rings. The molecule has 1 N–H and O–H groups in total. The maximum absolute atomic E-state index is 15.1. The van der Waals surface area contributed by atoms with E-state index in [1.165, 1.54) is 17.7 Å². The number of carbonyl (C=O) groups is 2. The SMILES string of the molecule is CCCNCc1cccc(-c2cc3nccc(Oc4ccc(CC(=O)CC(=O)Cc5ccccc5)cc4F)c3s2)c1. The number of ether oxygens (including phenoxy) is 1.